The van der Waals surface area contributed by atoms with Crippen LogP contribution < -0.4 is 10.2 Å². The van der Waals surface area contributed by atoms with E-state index in [4.69, 9.17) is 0 Å². The molecular formula is C26H23FN2O2. The molecule has 0 aromatic heterocycles. The molecule has 1 aliphatic heterocycles. The van der Waals surface area contributed by atoms with Gasteiger partial charge in [0.15, 0.2) is 0 Å². The Bertz CT molecular complexity index is 1150. The number of carbonyl (C=O) groups is 2. The summed E-state index contributed by atoms with van der Waals surface area (Å²) in [5.74, 6) is -0.502. The summed E-state index contributed by atoms with van der Waals surface area (Å²) in [5.41, 5.74) is 3.39. The Morgan fingerprint density at radius 1 is 0.935 bits per heavy atom. The average molecular weight is 414 g/mol. The van der Waals surface area contributed by atoms with Crippen molar-refractivity contribution in [1.82, 2.24) is 0 Å². The normalized spacial score (nSPS) is 16.4. The number of para-hydroxylation sites is 1. The van der Waals surface area contributed by atoms with Gasteiger partial charge in [-0.15, -0.1) is 0 Å². The van der Waals surface area contributed by atoms with Crippen molar-refractivity contribution in [2.45, 2.75) is 31.1 Å². The molecule has 3 aromatic carbocycles. The first-order valence-electron chi connectivity index (χ1n) is 10.6. The zero-order valence-electron chi connectivity index (χ0n) is 17.1. The van der Waals surface area contributed by atoms with Gasteiger partial charge >= 0.3 is 0 Å². The average Bonchev–Trinajstić information content (AvgIpc) is 3.17. The molecule has 31 heavy (non-hydrogen) atoms. The van der Waals surface area contributed by atoms with E-state index >= 15 is 0 Å². The highest BCUT2D eigenvalue weighted by Gasteiger charge is 2.45. The summed E-state index contributed by atoms with van der Waals surface area (Å²) < 4.78 is 13.7. The molecule has 0 radical (unpaired) electrons. The van der Waals surface area contributed by atoms with Crippen LogP contribution in [0.2, 0.25) is 0 Å². The summed E-state index contributed by atoms with van der Waals surface area (Å²) in [7, 11) is 0. The molecule has 1 fully saturated rings. The number of benzene rings is 3. The van der Waals surface area contributed by atoms with Crippen LogP contribution in [0.5, 0.6) is 0 Å². The second-order valence-corrected chi connectivity index (χ2v) is 8.31. The van der Waals surface area contributed by atoms with Crippen molar-refractivity contribution in [3.8, 4) is 0 Å². The lowest BCUT2D eigenvalue weighted by atomic mass is 9.63. The van der Waals surface area contributed by atoms with Crippen LogP contribution in [-0.4, -0.2) is 18.4 Å². The molecule has 0 saturated heterocycles. The van der Waals surface area contributed by atoms with E-state index in [9.17, 15) is 14.0 Å². The third kappa shape index (κ3) is 3.40. The number of hydrogen-bond acceptors (Lipinski definition) is 2. The Labute approximate surface area is 180 Å². The van der Waals surface area contributed by atoms with Crippen molar-refractivity contribution in [2.24, 2.45) is 0 Å². The summed E-state index contributed by atoms with van der Waals surface area (Å²) in [6.07, 6.45) is 3.20. The Morgan fingerprint density at radius 2 is 1.71 bits per heavy atom. The van der Waals surface area contributed by atoms with E-state index in [-0.39, 0.29) is 17.6 Å². The SMILES string of the molecule is O=C(c1ccc(NC(=O)C2(c3cccc(F)c3)CCC2)cc1)N1CCc2ccccc21. The maximum absolute atomic E-state index is 13.7. The highest BCUT2D eigenvalue weighted by atomic mass is 19.1. The van der Waals surface area contributed by atoms with Crippen molar-refractivity contribution in [1.29, 1.82) is 0 Å². The number of hydrogen-bond donors (Lipinski definition) is 1. The quantitative estimate of drug-likeness (QED) is 0.647. The fourth-order valence-corrected chi connectivity index (χ4v) is 4.62. The van der Waals surface area contributed by atoms with E-state index in [1.165, 1.54) is 17.7 Å². The van der Waals surface area contributed by atoms with E-state index in [1.54, 1.807) is 35.2 Å². The zero-order chi connectivity index (χ0) is 21.4. The van der Waals surface area contributed by atoms with Crippen LogP contribution in [-0.2, 0) is 16.6 Å². The van der Waals surface area contributed by atoms with E-state index in [1.807, 2.05) is 24.3 Å². The second kappa shape index (κ2) is 7.65. The van der Waals surface area contributed by atoms with E-state index in [0.717, 1.165) is 24.1 Å². The van der Waals surface area contributed by atoms with Crippen LogP contribution in [0.1, 0.15) is 40.7 Å². The minimum absolute atomic E-state index is 0.0435. The minimum atomic E-state index is -0.685. The largest absolute Gasteiger partial charge is 0.325 e. The molecule has 5 heteroatoms. The third-order valence-corrected chi connectivity index (χ3v) is 6.54. The van der Waals surface area contributed by atoms with Gasteiger partial charge in [0.2, 0.25) is 5.91 Å². The zero-order valence-corrected chi connectivity index (χ0v) is 17.1. The highest BCUT2D eigenvalue weighted by Crippen LogP contribution is 2.44. The van der Waals surface area contributed by atoms with Gasteiger partial charge in [-0.2, -0.15) is 0 Å². The molecule has 2 amide bonds. The first kappa shape index (κ1) is 19.5. The molecule has 3 aromatic rings. The van der Waals surface area contributed by atoms with Crippen molar-refractivity contribution < 1.29 is 14.0 Å². The summed E-state index contributed by atoms with van der Waals surface area (Å²) in [6, 6.07) is 21.3. The monoisotopic (exact) mass is 414 g/mol. The Hall–Kier alpha value is -3.47. The van der Waals surface area contributed by atoms with Gasteiger partial charge in [-0.05, 0) is 72.9 Å². The number of rotatable bonds is 4. The summed E-state index contributed by atoms with van der Waals surface area (Å²) >= 11 is 0. The summed E-state index contributed by atoms with van der Waals surface area (Å²) in [4.78, 5) is 27.9. The predicted octanol–water partition coefficient (Wildman–Crippen LogP) is 5.09. The van der Waals surface area contributed by atoms with Gasteiger partial charge in [-0.3, -0.25) is 9.59 Å². The molecule has 156 valence electrons. The maximum atomic E-state index is 13.7. The van der Waals surface area contributed by atoms with Crippen LogP contribution in [0.15, 0.2) is 72.8 Å². The van der Waals surface area contributed by atoms with Crippen LogP contribution in [0.3, 0.4) is 0 Å². The summed E-state index contributed by atoms with van der Waals surface area (Å²) in [5, 5.41) is 2.97. The van der Waals surface area contributed by atoms with E-state index in [2.05, 4.69) is 11.4 Å². The van der Waals surface area contributed by atoms with Crippen molar-refractivity contribution in [2.75, 3.05) is 16.8 Å². The van der Waals surface area contributed by atoms with Crippen LogP contribution in [0, 0.1) is 5.82 Å². The lowest BCUT2D eigenvalue weighted by molar-refractivity contribution is -0.124. The number of anilines is 2. The molecule has 1 aliphatic carbocycles. The fourth-order valence-electron chi connectivity index (χ4n) is 4.62. The van der Waals surface area contributed by atoms with Gasteiger partial charge in [-0.25, -0.2) is 4.39 Å². The first-order valence-corrected chi connectivity index (χ1v) is 10.6. The first-order chi connectivity index (χ1) is 15.1. The van der Waals surface area contributed by atoms with Gasteiger partial charge in [0.25, 0.3) is 5.91 Å². The number of fused-ring (bicyclic) bond motifs is 1. The van der Waals surface area contributed by atoms with Crippen LogP contribution in [0.4, 0.5) is 15.8 Å². The smallest absolute Gasteiger partial charge is 0.258 e. The van der Waals surface area contributed by atoms with Gasteiger partial charge < -0.3 is 10.2 Å². The topological polar surface area (TPSA) is 49.4 Å². The van der Waals surface area contributed by atoms with Crippen LogP contribution in [0.25, 0.3) is 0 Å². The van der Waals surface area contributed by atoms with Crippen LogP contribution >= 0.6 is 0 Å². The number of halogens is 1. The van der Waals surface area contributed by atoms with Gasteiger partial charge in [0, 0.05) is 23.5 Å². The van der Waals surface area contributed by atoms with Crippen molar-refractivity contribution in [3.63, 3.8) is 0 Å². The standard InChI is InChI=1S/C26H23FN2O2/c27-21-7-3-6-20(17-21)26(14-4-15-26)25(31)28-22-11-9-19(10-12-22)24(30)29-16-13-18-5-1-2-8-23(18)29/h1-3,5-12,17H,4,13-16H2,(H,28,31). The fraction of sp³-hybridized carbons (Fsp3) is 0.231. The molecular weight excluding hydrogens is 391 g/mol. The third-order valence-electron chi connectivity index (χ3n) is 6.54. The van der Waals surface area contributed by atoms with Gasteiger partial charge in [-0.1, -0.05) is 36.8 Å². The van der Waals surface area contributed by atoms with Crippen molar-refractivity contribution >= 4 is 23.2 Å². The predicted molar refractivity (Wildman–Crippen MR) is 119 cm³/mol. The number of amides is 2. The Balaban J connectivity index is 1.32. The number of nitrogens with zero attached hydrogens (tertiary/aromatic N) is 1. The number of carbonyl (C=O) groups excluding carboxylic acids is 2. The Morgan fingerprint density at radius 3 is 2.42 bits per heavy atom. The molecule has 0 unspecified atom stereocenters. The molecule has 0 atom stereocenters. The Kier molecular flexibility index (Phi) is 4.81. The second-order valence-electron chi connectivity index (χ2n) is 8.31. The van der Waals surface area contributed by atoms with E-state index < -0.39 is 5.41 Å². The number of nitrogens with one attached hydrogen (secondary N) is 1. The molecule has 5 rings (SSSR count). The highest BCUT2D eigenvalue weighted by molar-refractivity contribution is 6.07. The molecule has 1 saturated carbocycles. The molecule has 1 N–H and O–H groups in total. The summed E-state index contributed by atoms with van der Waals surface area (Å²) in [6.45, 7) is 0.673. The van der Waals surface area contributed by atoms with E-state index in [0.29, 0.717) is 30.6 Å². The minimum Gasteiger partial charge on any atom is -0.325 e. The van der Waals surface area contributed by atoms with Gasteiger partial charge in [0.1, 0.15) is 5.82 Å². The lowest BCUT2D eigenvalue weighted by Crippen LogP contribution is -2.46. The molecule has 0 spiro atoms. The molecule has 2 aliphatic rings. The van der Waals surface area contributed by atoms with Gasteiger partial charge in [0.05, 0.1) is 5.41 Å². The lowest BCUT2D eigenvalue weighted by Gasteiger charge is -2.40. The molecule has 0 bridgehead atoms. The molecule has 1 heterocycles. The molecule has 4 nitrogen and oxygen atoms in total. The maximum Gasteiger partial charge on any atom is 0.258 e. The van der Waals surface area contributed by atoms with Crippen molar-refractivity contribution in [3.05, 3.63) is 95.3 Å².